The number of benzene rings is 1. The number of aromatic nitrogens is 1. The number of likely N-dealkylation sites (tertiary alicyclic amines) is 1. The maximum Gasteiger partial charge on any atom is 0.323 e. The second kappa shape index (κ2) is 6.82. The van der Waals surface area contributed by atoms with Gasteiger partial charge in [0.25, 0.3) is 0 Å². The number of anilines is 1. The van der Waals surface area contributed by atoms with E-state index < -0.39 is 0 Å². The monoisotopic (exact) mass is 331 g/mol. The first-order chi connectivity index (χ1) is 11.6. The quantitative estimate of drug-likeness (QED) is 0.929. The van der Waals surface area contributed by atoms with Crippen LogP contribution in [0.15, 0.2) is 28.8 Å². The predicted octanol–water partition coefficient (Wildman–Crippen LogP) is 3.37. The lowest BCUT2D eigenvalue weighted by Gasteiger charge is -2.25. The molecule has 2 heterocycles. The average molecular weight is 331 g/mol. The third-order valence-electron chi connectivity index (χ3n) is 4.17. The van der Waals surface area contributed by atoms with E-state index in [0.29, 0.717) is 29.6 Å². The number of rotatable bonds is 4. The summed E-state index contributed by atoms with van der Waals surface area (Å²) in [6.45, 7) is 2.48. The van der Waals surface area contributed by atoms with Crippen LogP contribution in [-0.2, 0) is 0 Å². The van der Waals surface area contributed by atoms with Crippen LogP contribution in [0.25, 0.3) is 0 Å². The molecule has 1 unspecified atom stereocenters. The lowest BCUT2D eigenvalue weighted by molar-refractivity contribution is 0.206. The van der Waals surface area contributed by atoms with E-state index in [4.69, 9.17) is 14.0 Å². The minimum Gasteiger partial charge on any atom is -0.493 e. The molecule has 1 aromatic carbocycles. The minimum atomic E-state index is -0.180. The first kappa shape index (κ1) is 16.2. The Morgan fingerprint density at radius 2 is 2.08 bits per heavy atom. The van der Waals surface area contributed by atoms with E-state index in [1.807, 2.05) is 23.1 Å². The minimum absolute atomic E-state index is 0.00203. The number of ether oxygens (including phenoxy) is 2. The van der Waals surface area contributed by atoms with Crippen molar-refractivity contribution in [3.63, 3.8) is 0 Å². The Morgan fingerprint density at radius 1 is 1.29 bits per heavy atom. The van der Waals surface area contributed by atoms with Gasteiger partial charge in [-0.2, -0.15) is 0 Å². The molecule has 7 nitrogen and oxygen atoms in total. The van der Waals surface area contributed by atoms with Gasteiger partial charge in [-0.1, -0.05) is 11.2 Å². The summed E-state index contributed by atoms with van der Waals surface area (Å²) >= 11 is 0. The van der Waals surface area contributed by atoms with Crippen LogP contribution in [0.3, 0.4) is 0 Å². The molecule has 7 heteroatoms. The molecule has 24 heavy (non-hydrogen) atoms. The van der Waals surface area contributed by atoms with Gasteiger partial charge in [-0.25, -0.2) is 4.79 Å². The number of methoxy groups -OCH3 is 2. The first-order valence-corrected chi connectivity index (χ1v) is 7.85. The van der Waals surface area contributed by atoms with Gasteiger partial charge in [0.1, 0.15) is 5.76 Å². The van der Waals surface area contributed by atoms with E-state index >= 15 is 0 Å². The fourth-order valence-corrected chi connectivity index (χ4v) is 3.02. The molecule has 1 aliphatic rings. The average Bonchev–Trinajstić information content (AvgIpc) is 3.23. The molecular formula is C17H21N3O4. The van der Waals surface area contributed by atoms with Crippen molar-refractivity contribution in [2.24, 2.45) is 0 Å². The van der Waals surface area contributed by atoms with Crippen molar-refractivity contribution in [1.29, 1.82) is 0 Å². The zero-order valence-electron chi connectivity index (χ0n) is 14.0. The highest BCUT2D eigenvalue weighted by Gasteiger charge is 2.31. The van der Waals surface area contributed by atoms with Gasteiger partial charge in [0.05, 0.1) is 20.3 Å². The van der Waals surface area contributed by atoms with Gasteiger partial charge in [-0.3, -0.25) is 5.32 Å². The highest BCUT2D eigenvalue weighted by molar-refractivity contribution is 5.88. The topological polar surface area (TPSA) is 76.8 Å². The Bertz CT molecular complexity index is 728. The van der Waals surface area contributed by atoms with Gasteiger partial charge in [0.2, 0.25) is 0 Å². The van der Waals surface area contributed by atoms with Crippen molar-refractivity contribution >= 4 is 11.8 Å². The zero-order valence-corrected chi connectivity index (χ0v) is 14.0. The standard InChI is InChI=1S/C17H21N3O4/c1-11-9-16(19-24-11)18-17(21)20-8-4-5-13(20)12-6-7-14(22-2)15(10-12)23-3/h6-7,9-10,13H,4-5,8H2,1-3H3,(H,18,19,21). The highest BCUT2D eigenvalue weighted by Crippen LogP contribution is 2.37. The Balaban J connectivity index is 1.78. The van der Waals surface area contributed by atoms with Crippen molar-refractivity contribution in [2.45, 2.75) is 25.8 Å². The number of hydrogen-bond donors (Lipinski definition) is 1. The maximum absolute atomic E-state index is 12.6. The second-order valence-corrected chi connectivity index (χ2v) is 5.72. The maximum atomic E-state index is 12.6. The number of hydrogen-bond acceptors (Lipinski definition) is 5. The van der Waals surface area contributed by atoms with Gasteiger partial charge in [0, 0.05) is 12.6 Å². The number of nitrogens with one attached hydrogen (secondary N) is 1. The van der Waals surface area contributed by atoms with E-state index in [-0.39, 0.29) is 12.1 Å². The van der Waals surface area contributed by atoms with Gasteiger partial charge in [0.15, 0.2) is 17.3 Å². The van der Waals surface area contributed by atoms with E-state index in [2.05, 4.69) is 10.5 Å². The molecule has 3 rings (SSSR count). The molecule has 2 amide bonds. The van der Waals surface area contributed by atoms with Crippen molar-refractivity contribution in [2.75, 3.05) is 26.1 Å². The summed E-state index contributed by atoms with van der Waals surface area (Å²) in [4.78, 5) is 14.4. The molecule has 0 radical (unpaired) electrons. The van der Waals surface area contributed by atoms with E-state index in [1.54, 1.807) is 27.2 Å². The first-order valence-electron chi connectivity index (χ1n) is 7.85. The van der Waals surface area contributed by atoms with Gasteiger partial charge < -0.3 is 18.9 Å². The van der Waals surface area contributed by atoms with Gasteiger partial charge >= 0.3 is 6.03 Å². The zero-order chi connectivity index (χ0) is 17.1. The Labute approximate surface area is 140 Å². The number of carbonyl (C=O) groups is 1. The summed E-state index contributed by atoms with van der Waals surface area (Å²) in [6.07, 6.45) is 1.85. The highest BCUT2D eigenvalue weighted by atomic mass is 16.5. The molecule has 2 aromatic rings. The molecular weight excluding hydrogens is 310 g/mol. The molecule has 0 aliphatic carbocycles. The van der Waals surface area contributed by atoms with Gasteiger partial charge in [-0.15, -0.1) is 0 Å². The Morgan fingerprint density at radius 3 is 2.75 bits per heavy atom. The number of amides is 2. The number of aryl methyl sites for hydroxylation is 1. The van der Waals surface area contributed by atoms with Crippen LogP contribution in [0.2, 0.25) is 0 Å². The van der Waals surface area contributed by atoms with E-state index in [0.717, 1.165) is 18.4 Å². The van der Waals surface area contributed by atoms with Gasteiger partial charge in [-0.05, 0) is 37.5 Å². The molecule has 0 saturated carbocycles. The van der Waals surface area contributed by atoms with Crippen LogP contribution >= 0.6 is 0 Å². The van der Waals surface area contributed by atoms with Crippen LogP contribution in [0, 0.1) is 6.92 Å². The Hall–Kier alpha value is -2.70. The smallest absolute Gasteiger partial charge is 0.323 e. The number of urea groups is 1. The lowest BCUT2D eigenvalue weighted by atomic mass is 10.0. The van der Waals surface area contributed by atoms with E-state index in [1.165, 1.54) is 0 Å². The fourth-order valence-electron chi connectivity index (χ4n) is 3.02. The summed E-state index contributed by atoms with van der Waals surface area (Å²) in [5.41, 5.74) is 1.02. The molecule has 1 aromatic heterocycles. The van der Waals surface area contributed by atoms with Crippen LogP contribution in [0.4, 0.5) is 10.6 Å². The fraction of sp³-hybridized carbons (Fsp3) is 0.412. The predicted molar refractivity (Wildman–Crippen MR) is 88.5 cm³/mol. The van der Waals surface area contributed by atoms with Crippen molar-refractivity contribution < 1.29 is 18.8 Å². The summed E-state index contributed by atoms with van der Waals surface area (Å²) in [7, 11) is 3.21. The molecule has 1 aliphatic heterocycles. The number of carbonyl (C=O) groups excluding carboxylic acids is 1. The van der Waals surface area contributed by atoms with Crippen molar-refractivity contribution in [3.05, 3.63) is 35.6 Å². The largest absolute Gasteiger partial charge is 0.493 e. The second-order valence-electron chi connectivity index (χ2n) is 5.72. The molecule has 1 saturated heterocycles. The SMILES string of the molecule is COc1ccc(C2CCCN2C(=O)Nc2cc(C)on2)cc1OC. The molecule has 1 N–H and O–H groups in total. The van der Waals surface area contributed by atoms with Crippen molar-refractivity contribution in [3.8, 4) is 11.5 Å². The summed E-state index contributed by atoms with van der Waals surface area (Å²) in [5, 5.41) is 6.59. The number of nitrogens with zero attached hydrogens (tertiary/aromatic N) is 2. The van der Waals surface area contributed by atoms with E-state index in [9.17, 15) is 4.79 Å². The normalized spacial score (nSPS) is 17.0. The van der Waals surface area contributed by atoms with Crippen LogP contribution in [-0.4, -0.2) is 36.9 Å². The molecule has 128 valence electrons. The van der Waals surface area contributed by atoms with Crippen LogP contribution in [0.1, 0.15) is 30.2 Å². The Kier molecular flexibility index (Phi) is 4.59. The summed E-state index contributed by atoms with van der Waals surface area (Å²) < 4.78 is 15.6. The molecule has 1 atom stereocenters. The van der Waals surface area contributed by atoms with Crippen LogP contribution < -0.4 is 14.8 Å². The lowest BCUT2D eigenvalue weighted by Crippen LogP contribution is -2.34. The molecule has 0 bridgehead atoms. The van der Waals surface area contributed by atoms with Crippen LogP contribution in [0.5, 0.6) is 11.5 Å². The third kappa shape index (κ3) is 3.15. The summed E-state index contributed by atoms with van der Waals surface area (Å²) in [6, 6.07) is 7.27. The molecule has 0 spiro atoms. The third-order valence-corrected chi connectivity index (χ3v) is 4.17. The van der Waals surface area contributed by atoms with Crippen molar-refractivity contribution in [1.82, 2.24) is 10.1 Å². The molecule has 1 fully saturated rings. The summed E-state index contributed by atoms with van der Waals surface area (Å²) in [5.74, 6) is 2.42.